The molecule has 2 rings (SSSR count). The van der Waals surface area contributed by atoms with Crippen molar-refractivity contribution in [3.05, 3.63) is 12.8 Å². The molecule has 0 aromatic rings. The van der Waals surface area contributed by atoms with Crippen LogP contribution < -0.4 is 0 Å². The van der Waals surface area contributed by atoms with Crippen LogP contribution in [0.1, 0.15) is 38.5 Å². The second kappa shape index (κ2) is 3.64. The third-order valence-electron chi connectivity index (χ3n) is 3.16. The first-order valence-electron chi connectivity index (χ1n) is 5.25. The molecular formula is C11H16O3. The van der Waals surface area contributed by atoms with E-state index in [1.54, 1.807) is 0 Å². The first kappa shape index (κ1) is 9.56. The lowest BCUT2D eigenvalue weighted by Crippen LogP contribution is -2.31. The molecule has 1 unspecified atom stereocenters. The summed E-state index contributed by atoms with van der Waals surface area (Å²) in [6.45, 7) is 3.46. The molecule has 1 atom stereocenters. The summed E-state index contributed by atoms with van der Waals surface area (Å²) in [5, 5.41) is 0. The van der Waals surface area contributed by atoms with Crippen molar-refractivity contribution >= 4 is 5.97 Å². The summed E-state index contributed by atoms with van der Waals surface area (Å²) in [6, 6.07) is 0. The summed E-state index contributed by atoms with van der Waals surface area (Å²) < 4.78 is 10.6. The van der Waals surface area contributed by atoms with Crippen LogP contribution in [0, 0.1) is 0 Å². The SMILES string of the molecule is C=COC1CC2(CCCCC2)OC1=O. The van der Waals surface area contributed by atoms with Gasteiger partial charge in [-0.3, -0.25) is 0 Å². The highest BCUT2D eigenvalue weighted by molar-refractivity contribution is 5.77. The smallest absolute Gasteiger partial charge is 0.348 e. The Morgan fingerprint density at radius 2 is 2.14 bits per heavy atom. The van der Waals surface area contributed by atoms with Gasteiger partial charge >= 0.3 is 5.97 Å². The highest BCUT2D eigenvalue weighted by Crippen LogP contribution is 2.40. The van der Waals surface area contributed by atoms with Crippen molar-refractivity contribution < 1.29 is 14.3 Å². The Morgan fingerprint density at radius 1 is 1.43 bits per heavy atom. The highest BCUT2D eigenvalue weighted by Gasteiger charge is 2.47. The van der Waals surface area contributed by atoms with Crippen molar-refractivity contribution in [1.82, 2.24) is 0 Å². The van der Waals surface area contributed by atoms with Gasteiger partial charge in [0.25, 0.3) is 0 Å². The van der Waals surface area contributed by atoms with E-state index in [1.165, 1.54) is 12.7 Å². The average Bonchev–Trinajstić information content (AvgIpc) is 2.45. The topological polar surface area (TPSA) is 35.5 Å². The van der Waals surface area contributed by atoms with Gasteiger partial charge in [0.05, 0.1) is 6.26 Å². The van der Waals surface area contributed by atoms with Gasteiger partial charge in [0.1, 0.15) is 5.60 Å². The molecule has 0 aromatic heterocycles. The van der Waals surface area contributed by atoms with Crippen LogP contribution in [-0.4, -0.2) is 17.7 Å². The van der Waals surface area contributed by atoms with Crippen LogP contribution in [0.2, 0.25) is 0 Å². The van der Waals surface area contributed by atoms with Crippen molar-refractivity contribution in [3.8, 4) is 0 Å². The van der Waals surface area contributed by atoms with E-state index >= 15 is 0 Å². The Bertz CT molecular complexity index is 241. The molecule has 1 heterocycles. The number of rotatable bonds is 2. The van der Waals surface area contributed by atoms with Crippen LogP contribution in [0.3, 0.4) is 0 Å². The molecule has 0 bridgehead atoms. The lowest BCUT2D eigenvalue weighted by molar-refractivity contribution is -0.155. The molecule has 0 N–H and O–H groups in total. The third-order valence-corrected chi connectivity index (χ3v) is 3.16. The number of carbonyl (C=O) groups excluding carboxylic acids is 1. The normalized spacial score (nSPS) is 30.0. The predicted molar refractivity (Wildman–Crippen MR) is 51.6 cm³/mol. The van der Waals surface area contributed by atoms with Gasteiger partial charge in [-0.2, -0.15) is 0 Å². The molecule has 1 saturated carbocycles. The van der Waals surface area contributed by atoms with Crippen LogP contribution in [0.5, 0.6) is 0 Å². The molecule has 0 radical (unpaired) electrons. The molecule has 3 heteroatoms. The fourth-order valence-corrected chi connectivity index (χ4v) is 2.46. The number of hydrogen-bond donors (Lipinski definition) is 0. The molecule has 2 aliphatic rings. The number of ether oxygens (including phenoxy) is 2. The zero-order valence-corrected chi connectivity index (χ0v) is 8.33. The van der Waals surface area contributed by atoms with Gasteiger partial charge in [0.2, 0.25) is 0 Å². The maximum atomic E-state index is 11.4. The molecule has 2 fully saturated rings. The maximum Gasteiger partial charge on any atom is 0.348 e. The fraction of sp³-hybridized carbons (Fsp3) is 0.727. The van der Waals surface area contributed by atoms with Crippen molar-refractivity contribution in [2.45, 2.75) is 50.2 Å². The van der Waals surface area contributed by atoms with Crippen molar-refractivity contribution in [2.24, 2.45) is 0 Å². The van der Waals surface area contributed by atoms with Gasteiger partial charge in [-0.1, -0.05) is 13.0 Å². The highest BCUT2D eigenvalue weighted by atomic mass is 16.6. The molecule has 1 aliphatic carbocycles. The van der Waals surface area contributed by atoms with E-state index in [4.69, 9.17) is 9.47 Å². The molecule has 78 valence electrons. The number of carbonyl (C=O) groups is 1. The second-order valence-electron chi connectivity index (χ2n) is 4.16. The van der Waals surface area contributed by atoms with E-state index in [9.17, 15) is 4.79 Å². The molecule has 0 aromatic carbocycles. The third kappa shape index (κ3) is 1.63. The van der Waals surface area contributed by atoms with Gasteiger partial charge in [-0.15, -0.1) is 0 Å². The zero-order chi connectivity index (χ0) is 10.0. The summed E-state index contributed by atoms with van der Waals surface area (Å²) in [6.07, 6.45) is 7.19. The van der Waals surface area contributed by atoms with E-state index < -0.39 is 6.10 Å². The van der Waals surface area contributed by atoms with Crippen LogP contribution in [0.25, 0.3) is 0 Å². The van der Waals surface area contributed by atoms with E-state index in [0.717, 1.165) is 25.7 Å². The Labute approximate surface area is 84.1 Å². The largest absolute Gasteiger partial charge is 0.487 e. The Balaban J connectivity index is 2.02. The average molecular weight is 196 g/mol. The van der Waals surface area contributed by atoms with Crippen LogP contribution in [0.15, 0.2) is 12.8 Å². The molecule has 1 aliphatic heterocycles. The zero-order valence-electron chi connectivity index (χ0n) is 8.33. The summed E-state index contributed by atoms with van der Waals surface area (Å²) in [5.41, 5.74) is -0.205. The van der Waals surface area contributed by atoms with Gasteiger partial charge in [0, 0.05) is 6.42 Å². The Kier molecular flexibility index (Phi) is 2.48. The quantitative estimate of drug-likeness (QED) is 0.501. The molecule has 3 nitrogen and oxygen atoms in total. The fourth-order valence-electron chi connectivity index (χ4n) is 2.46. The first-order valence-corrected chi connectivity index (χ1v) is 5.25. The standard InChI is InChI=1S/C11H16O3/c1-2-13-9-8-11(14-10(9)12)6-4-3-5-7-11/h2,9H,1,3-8H2. The first-order chi connectivity index (χ1) is 6.76. The number of esters is 1. The van der Waals surface area contributed by atoms with Crippen LogP contribution in [0.4, 0.5) is 0 Å². The summed E-state index contributed by atoms with van der Waals surface area (Å²) in [4.78, 5) is 11.4. The van der Waals surface area contributed by atoms with Gasteiger partial charge in [-0.05, 0) is 25.7 Å². The van der Waals surface area contributed by atoms with Crippen molar-refractivity contribution in [1.29, 1.82) is 0 Å². The summed E-state index contributed by atoms with van der Waals surface area (Å²) >= 11 is 0. The minimum Gasteiger partial charge on any atom is -0.487 e. The summed E-state index contributed by atoms with van der Waals surface area (Å²) in [7, 11) is 0. The van der Waals surface area contributed by atoms with Crippen LogP contribution in [-0.2, 0) is 14.3 Å². The van der Waals surface area contributed by atoms with E-state index in [1.807, 2.05) is 0 Å². The Hall–Kier alpha value is -0.990. The van der Waals surface area contributed by atoms with Crippen LogP contribution >= 0.6 is 0 Å². The molecule has 14 heavy (non-hydrogen) atoms. The monoisotopic (exact) mass is 196 g/mol. The predicted octanol–water partition coefficient (Wildman–Crippen LogP) is 2.16. The van der Waals surface area contributed by atoms with Crippen molar-refractivity contribution in [3.63, 3.8) is 0 Å². The van der Waals surface area contributed by atoms with Gasteiger partial charge in [-0.25, -0.2) is 4.79 Å². The maximum absolute atomic E-state index is 11.4. The van der Waals surface area contributed by atoms with Crippen molar-refractivity contribution in [2.75, 3.05) is 0 Å². The molecule has 1 saturated heterocycles. The van der Waals surface area contributed by atoms with E-state index in [0.29, 0.717) is 6.42 Å². The van der Waals surface area contributed by atoms with E-state index in [-0.39, 0.29) is 11.6 Å². The molecule has 1 spiro atoms. The minimum atomic E-state index is -0.411. The van der Waals surface area contributed by atoms with Gasteiger partial charge < -0.3 is 9.47 Å². The van der Waals surface area contributed by atoms with Gasteiger partial charge in [0.15, 0.2) is 6.10 Å². The second-order valence-corrected chi connectivity index (χ2v) is 4.16. The minimum absolute atomic E-state index is 0.205. The Morgan fingerprint density at radius 3 is 2.79 bits per heavy atom. The molecule has 0 amide bonds. The van der Waals surface area contributed by atoms with E-state index in [2.05, 4.69) is 6.58 Å². The molecular weight excluding hydrogens is 180 g/mol. The summed E-state index contributed by atoms with van der Waals surface area (Å²) in [5.74, 6) is -0.216. The lowest BCUT2D eigenvalue weighted by atomic mass is 9.82. The number of hydrogen-bond acceptors (Lipinski definition) is 3. The lowest BCUT2D eigenvalue weighted by Gasteiger charge is -2.31.